The van der Waals surface area contributed by atoms with Crippen molar-refractivity contribution in [3.63, 3.8) is 0 Å². The molecule has 3 nitrogen and oxygen atoms in total. The molecule has 0 N–H and O–H groups in total. The number of thioether (sulfide) groups is 1. The summed E-state index contributed by atoms with van der Waals surface area (Å²) in [6.45, 7) is 1.99. The number of amides is 2. The zero-order chi connectivity index (χ0) is 19.7. The van der Waals surface area contributed by atoms with Crippen LogP contribution in [0.15, 0.2) is 93.1 Å². The van der Waals surface area contributed by atoms with Crippen LogP contribution in [0.4, 0.5) is 5.69 Å². The number of halogens is 1. The second-order valence-corrected chi connectivity index (χ2v) is 8.41. The van der Waals surface area contributed by atoms with Crippen LogP contribution in [0.2, 0.25) is 0 Å². The molecule has 0 bridgehead atoms. The first-order valence-electron chi connectivity index (χ1n) is 8.73. The fraction of sp³-hybridized carbons (Fsp3) is 0.0435. The summed E-state index contributed by atoms with van der Waals surface area (Å²) in [5.74, 6) is -0.591. The van der Waals surface area contributed by atoms with Gasteiger partial charge in [-0.2, -0.15) is 0 Å². The number of hydrogen-bond donors (Lipinski definition) is 0. The average molecular weight is 450 g/mol. The number of aryl methyl sites for hydroxylation is 1. The molecule has 3 aromatic rings. The van der Waals surface area contributed by atoms with Gasteiger partial charge < -0.3 is 0 Å². The van der Waals surface area contributed by atoms with Gasteiger partial charge in [-0.1, -0.05) is 75.7 Å². The number of imide groups is 1. The van der Waals surface area contributed by atoms with Crippen molar-refractivity contribution in [1.82, 2.24) is 0 Å². The van der Waals surface area contributed by atoms with Gasteiger partial charge in [0.25, 0.3) is 11.8 Å². The van der Waals surface area contributed by atoms with Crippen molar-refractivity contribution in [2.75, 3.05) is 4.90 Å². The smallest absolute Gasteiger partial charge is 0.268 e. The van der Waals surface area contributed by atoms with E-state index >= 15 is 0 Å². The minimum atomic E-state index is -0.297. The molecule has 3 aromatic carbocycles. The molecule has 1 aliphatic heterocycles. The Morgan fingerprint density at radius 3 is 2.07 bits per heavy atom. The van der Waals surface area contributed by atoms with E-state index in [-0.39, 0.29) is 11.8 Å². The van der Waals surface area contributed by atoms with Crippen molar-refractivity contribution in [3.05, 3.63) is 99.4 Å². The molecule has 138 valence electrons. The maximum atomic E-state index is 13.3. The molecule has 0 unspecified atom stereocenters. The molecule has 0 aliphatic carbocycles. The lowest BCUT2D eigenvalue weighted by Crippen LogP contribution is -2.31. The zero-order valence-corrected chi connectivity index (χ0v) is 17.5. The Kier molecular flexibility index (Phi) is 5.20. The number of anilines is 1. The molecule has 28 heavy (non-hydrogen) atoms. The van der Waals surface area contributed by atoms with Crippen LogP contribution in [-0.4, -0.2) is 11.8 Å². The van der Waals surface area contributed by atoms with E-state index in [1.807, 2.05) is 73.7 Å². The maximum Gasteiger partial charge on any atom is 0.272 e. The predicted octanol–water partition coefficient (Wildman–Crippen LogP) is 5.83. The van der Waals surface area contributed by atoms with Gasteiger partial charge in [-0.15, -0.1) is 0 Å². The van der Waals surface area contributed by atoms with Gasteiger partial charge in [0, 0.05) is 9.37 Å². The summed E-state index contributed by atoms with van der Waals surface area (Å²) in [4.78, 5) is 29.2. The molecule has 0 atom stereocenters. The quantitative estimate of drug-likeness (QED) is 0.469. The second-order valence-electron chi connectivity index (χ2n) is 6.41. The monoisotopic (exact) mass is 449 g/mol. The maximum absolute atomic E-state index is 13.3. The molecule has 0 radical (unpaired) electrons. The zero-order valence-electron chi connectivity index (χ0n) is 15.1. The normalized spacial score (nSPS) is 14.1. The largest absolute Gasteiger partial charge is 0.272 e. The van der Waals surface area contributed by atoms with Crippen LogP contribution in [0, 0.1) is 6.92 Å². The van der Waals surface area contributed by atoms with E-state index < -0.39 is 0 Å². The first kappa shape index (κ1) is 18.7. The van der Waals surface area contributed by atoms with Crippen LogP contribution >= 0.6 is 27.7 Å². The first-order valence-corrected chi connectivity index (χ1v) is 10.3. The third kappa shape index (κ3) is 3.55. The van der Waals surface area contributed by atoms with Crippen molar-refractivity contribution in [2.45, 2.75) is 11.8 Å². The number of nitrogens with zero attached hydrogens (tertiary/aromatic N) is 1. The molecule has 1 heterocycles. The van der Waals surface area contributed by atoms with Gasteiger partial charge in [-0.3, -0.25) is 9.59 Å². The van der Waals surface area contributed by atoms with Gasteiger partial charge in [0.05, 0.1) is 16.2 Å². The third-order valence-corrected chi connectivity index (χ3v) is 6.05. The Hall–Kier alpha value is -2.63. The summed E-state index contributed by atoms with van der Waals surface area (Å²) in [5.41, 5.74) is 2.86. The van der Waals surface area contributed by atoms with Crippen LogP contribution in [0.5, 0.6) is 0 Å². The summed E-state index contributed by atoms with van der Waals surface area (Å²) in [6.07, 6.45) is 0. The molecule has 2 amide bonds. The van der Waals surface area contributed by atoms with E-state index in [1.165, 1.54) is 16.7 Å². The lowest BCUT2D eigenvalue weighted by atomic mass is 10.0. The van der Waals surface area contributed by atoms with Crippen LogP contribution in [0.25, 0.3) is 5.57 Å². The van der Waals surface area contributed by atoms with Gasteiger partial charge in [0.15, 0.2) is 0 Å². The van der Waals surface area contributed by atoms with Crippen molar-refractivity contribution in [1.29, 1.82) is 0 Å². The van der Waals surface area contributed by atoms with Crippen molar-refractivity contribution < 1.29 is 9.59 Å². The molecular formula is C23H16BrNO2S. The lowest BCUT2D eigenvalue weighted by Gasteiger charge is -2.15. The van der Waals surface area contributed by atoms with Gasteiger partial charge >= 0.3 is 0 Å². The van der Waals surface area contributed by atoms with Gasteiger partial charge in [0.1, 0.15) is 0 Å². The molecular weight excluding hydrogens is 434 g/mol. The van der Waals surface area contributed by atoms with Gasteiger partial charge in [-0.25, -0.2) is 4.90 Å². The summed E-state index contributed by atoms with van der Waals surface area (Å²) < 4.78 is 0.890. The molecule has 4 rings (SSSR count). The van der Waals surface area contributed by atoms with Gasteiger partial charge in [-0.05, 0) is 48.9 Å². The minimum absolute atomic E-state index is 0.295. The van der Waals surface area contributed by atoms with Crippen molar-refractivity contribution >= 4 is 50.8 Å². The Morgan fingerprint density at radius 1 is 0.786 bits per heavy atom. The molecule has 1 aliphatic rings. The number of benzene rings is 3. The van der Waals surface area contributed by atoms with Crippen molar-refractivity contribution in [3.8, 4) is 0 Å². The van der Waals surface area contributed by atoms with Crippen LogP contribution < -0.4 is 4.90 Å². The molecule has 0 fully saturated rings. The fourth-order valence-electron chi connectivity index (χ4n) is 3.01. The first-order chi connectivity index (χ1) is 13.5. The number of hydrogen-bond acceptors (Lipinski definition) is 3. The number of carbonyl (C=O) groups excluding carboxylic acids is 2. The van der Waals surface area contributed by atoms with Crippen LogP contribution in [-0.2, 0) is 9.59 Å². The Morgan fingerprint density at radius 2 is 1.43 bits per heavy atom. The summed E-state index contributed by atoms with van der Waals surface area (Å²) in [5, 5.41) is 0. The Bertz CT molecular complexity index is 1070. The molecule has 0 spiro atoms. The lowest BCUT2D eigenvalue weighted by molar-refractivity contribution is -0.119. The highest BCUT2D eigenvalue weighted by molar-refractivity contribution is 9.10. The van der Waals surface area contributed by atoms with E-state index in [0.29, 0.717) is 16.2 Å². The summed E-state index contributed by atoms with van der Waals surface area (Å²) in [6, 6.07) is 24.5. The summed E-state index contributed by atoms with van der Waals surface area (Å²) >= 11 is 4.72. The number of rotatable bonds is 4. The molecule has 0 aromatic heterocycles. The van der Waals surface area contributed by atoms with E-state index in [1.54, 1.807) is 12.1 Å². The predicted molar refractivity (Wildman–Crippen MR) is 117 cm³/mol. The highest BCUT2D eigenvalue weighted by atomic mass is 79.9. The standard InChI is InChI=1S/C23H16BrNO2S/c1-15-7-9-16(10-8-15)20-21(28-19-5-3-2-4-6-19)23(27)25(22(20)26)18-13-11-17(24)12-14-18/h2-14H,1H3. The third-order valence-electron chi connectivity index (χ3n) is 4.43. The Balaban J connectivity index is 1.81. The highest BCUT2D eigenvalue weighted by Gasteiger charge is 2.40. The Labute approximate surface area is 176 Å². The van der Waals surface area contributed by atoms with Crippen molar-refractivity contribution in [2.24, 2.45) is 0 Å². The molecule has 0 saturated heterocycles. The van der Waals surface area contributed by atoms with E-state index in [9.17, 15) is 9.59 Å². The fourth-order valence-corrected chi connectivity index (χ4v) is 4.29. The van der Waals surface area contributed by atoms with Gasteiger partial charge in [0.2, 0.25) is 0 Å². The van der Waals surface area contributed by atoms with E-state index in [4.69, 9.17) is 0 Å². The van der Waals surface area contributed by atoms with E-state index in [2.05, 4.69) is 15.9 Å². The minimum Gasteiger partial charge on any atom is -0.268 e. The number of carbonyl (C=O) groups is 2. The highest BCUT2D eigenvalue weighted by Crippen LogP contribution is 2.41. The second kappa shape index (κ2) is 7.78. The molecule has 0 saturated carbocycles. The van der Waals surface area contributed by atoms with E-state index in [0.717, 1.165) is 20.5 Å². The van der Waals surface area contributed by atoms with Crippen LogP contribution in [0.1, 0.15) is 11.1 Å². The topological polar surface area (TPSA) is 37.4 Å². The summed E-state index contributed by atoms with van der Waals surface area (Å²) in [7, 11) is 0. The van der Waals surface area contributed by atoms with Crippen LogP contribution in [0.3, 0.4) is 0 Å². The average Bonchev–Trinajstić information content (AvgIpc) is 2.94. The SMILES string of the molecule is Cc1ccc(C2=C(Sc3ccccc3)C(=O)N(c3ccc(Br)cc3)C2=O)cc1. The molecule has 5 heteroatoms.